The third-order valence-corrected chi connectivity index (χ3v) is 6.36. The van der Waals surface area contributed by atoms with Crippen LogP contribution in [0.1, 0.15) is 57.9 Å². The Bertz CT molecular complexity index is 1270. The third-order valence-electron chi connectivity index (χ3n) is 5.46. The Morgan fingerprint density at radius 1 is 1.18 bits per heavy atom. The first-order valence-corrected chi connectivity index (χ1v) is 14.1. The predicted molar refractivity (Wildman–Crippen MR) is 168 cm³/mol. The molecule has 0 aliphatic carbocycles. The fourth-order valence-corrected chi connectivity index (χ4v) is 3.52. The second kappa shape index (κ2) is 22.3. The van der Waals surface area contributed by atoms with Gasteiger partial charge in [0.25, 0.3) is 5.91 Å². The molecule has 1 aromatic heterocycles. The van der Waals surface area contributed by atoms with Gasteiger partial charge in [-0.2, -0.15) is 0 Å². The third kappa shape index (κ3) is 16.6. The SMILES string of the molecule is C/C=C(\NC)C(=O)OC.C=C(C=O)NC(=O)c1csc(-c2ccc(NC(=O)C(C)(C)CO)cc2)n1.CC(C)CCC([NH-])=O.[Y]. The summed E-state index contributed by atoms with van der Waals surface area (Å²) >= 11 is 1.28. The summed E-state index contributed by atoms with van der Waals surface area (Å²) in [6, 6.07) is 6.98. The Hall–Kier alpha value is -3.26. The molecule has 2 rings (SSSR count). The number of ether oxygens (including phenoxy) is 1. The molecule has 0 unspecified atom stereocenters. The first-order chi connectivity index (χ1) is 20.1. The number of aldehydes is 1. The molecule has 0 fully saturated rings. The molecule has 14 heteroatoms. The number of nitrogens with one attached hydrogen (secondary N) is 4. The summed E-state index contributed by atoms with van der Waals surface area (Å²) in [4.78, 5) is 59.3. The van der Waals surface area contributed by atoms with Crippen molar-refractivity contribution in [1.29, 1.82) is 0 Å². The molecule has 0 spiro atoms. The second-order valence-electron chi connectivity index (χ2n) is 10.0. The second-order valence-corrected chi connectivity index (χ2v) is 10.9. The standard InChI is InChI=1S/C18H19N3O4S.C6H11NO2.C6H13NO.Y/c1-11(8-22)19-15(24)14-9-26-16(21-14)12-4-6-13(7-5-12)20-17(25)18(2,3)10-23;1-4-5(7-2)6(8)9-3;1-5(2)3-4-6(7)8;/h4-9,23H,1,10H2,2-3H3,(H,19,24)(H,20,25);4,7H,1-3H3;5H,3-4H2,1-2H3,(H2,7,8);/p-1/b;5-4-;;. The number of thiazole rings is 1. The zero-order valence-electron chi connectivity index (χ0n) is 26.3. The number of carbonyl (C=O) groups is 5. The van der Waals surface area contributed by atoms with Gasteiger partial charge in [0.05, 0.1) is 24.8 Å². The normalized spacial score (nSPS) is 10.4. The number of aliphatic hydroxyl groups excluding tert-OH is 1. The summed E-state index contributed by atoms with van der Waals surface area (Å²) in [5.74, 6) is -1.01. The zero-order chi connectivity index (χ0) is 33.2. The van der Waals surface area contributed by atoms with Crippen LogP contribution < -0.4 is 16.0 Å². The van der Waals surface area contributed by atoms with Crippen molar-refractivity contribution >= 4 is 47.0 Å². The minimum absolute atomic E-state index is 0. The molecule has 44 heavy (non-hydrogen) atoms. The van der Waals surface area contributed by atoms with E-state index in [4.69, 9.17) is 5.73 Å². The average Bonchev–Trinajstić information content (AvgIpc) is 3.48. The van der Waals surface area contributed by atoms with Crippen LogP contribution in [-0.4, -0.2) is 60.8 Å². The fourth-order valence-electron chi connectivity index (χ4n) is 2.71. The maximum absolute atomic E-state index is 12.1. The fraction of sp³-hybridized carbons (Fsp3) is 0.400. The molecule has 0 saturated heterocycles. The number of hydrogen-bond donors (Lipinski definition) is 4. The summed E-state index contributed by atoms with van der Waals surface area (Å²) < 4.78 is 4.42. The molecule has 12 nitrogen and oxygen atoms in total. The summed E-state index contributed by atoms with van der Waals surface area (Å²) in [5, 5.41) is 19.2. The molecule has 0 atom stereocenters. The van der Waals surface area contributed by atoms with E-state index in [-0.39, 0.29) is 62.6 Å². The van der Waals surface area contributed by atoms with Crippen LogP contribution in [0, 0.1) is 11.3 Å². The average molecular weight is 706 g/mol. The Kier molecular flexibility index (Phi) is 21.7. The van der Waals surface area contributed by atoms with Gasteiger partial charge in [-0.05, 0) is 63.8 Å². The van der Waals surface area contributed by atoms with Crippen LogP contribution in [0.4, 0.5) is 5.69 Å². The number of rotatable bonds is 12. The summed E-state index contributed by atoms with van der Waals surface area (Å²) in [6.45, 7) is 12.3. The van der Waals surface area contributed by atoms with E-state index >= 15 is 0 Å². The van der Waals surface area contributed by atoms with Crippen molar-refractivity contribution in [3.63, 3.8) is 0 Å². The number of hydrogen-bond acceptors (Lipinski definition) is 10. The predicted octanol–water partition coefficient (Wildman–Crippen LogP) is 4.49. The van der Waals surface area contributed by atoms with Gasteiger partial charge in [0.15, 0.2) is 6.29 Å². The van der Waals surface area contributed by atoms with E-state index in [9.17, 15) is 29.1 Å². The van der Waals surface area contributed by atoms with Gasteiger partial charge in [-0.15, -0.1) is 11.3 Å². The van der Waals surface area contributed by atoms with Gasteiger partial charge in [0, 0.05) is 62.3 Å². The van der Waals surface area contributed by atoms with E-state index in [1.54, 1.807) is 63.5 Å². The molecule has 0 saturated carbocycles. The quantitative estimate of drug-likeness (QED) is 0.140. The van der Waals surface area contributed by atoms with Crippen LogP contribution in [0.5, 0.6) is 0 Å². The number of carbonyl (C=O) groups excluding carboxylic acids is 5. The molecule has 0 bridgehead atoms. The van der Waals surface area contributed by atoms with Gasteiger partial charge >= 0.3 is 5.97 Å². The summed E-state index contributed by atoms with van der Waals surface area (Å²) in [7, 11) is 3.02. The van der Waals surface area contributed by atoms with Gasteiger partial charge < -0.3 is 36.3 Å². The number of esters is 1. The minimum atomic E-state index is -0.873. The minimum Gasteiger partial charge on any atom is -0.668 e. The van der Waals surface area contributed by atoms with Gasteiger partial charge in [-0.25, -0.2) is 9.78 Å². The van der Waals surface area contributed by atoms with Crippen LogP contribution in [0.3, 0.4) is 0 Å². The number of likely N-dealkylation sites (N-methyl/N-ethyl adjacent to an activating group) is 1. The van der Waals surface area contributed by atoms with Crippen molar-refractivity contribution in [2.45, 2.75) is 47.5 Å². The molecule has 2 aromatic rings. The number of aromatic nitrogens is 1. The van der Waals surface area contributed by atoms with E-state index in [2.05, 4.69) is 32.3 Å². The largest absolute Gasteiger partial charge is 0.668 e. The van der Waals surface area contributed by atoms with Gasteiger partial charge in [0.1, 0.15) is 16.4 Å². The Morgan fingerprint density at radius 2 is 1.77 bits per heavy atom. The van der Waals surface area contributed by atoms with Crippen molar-refractivity contribution in [2.24, 2.45) is 11.3 Å². The molecule has 0 aliphatic heterocycles. The topological polar surface area (TPSA) is 188 Å². The van der Waals surface area contributed by atoms with E-state index < -0.39 is 17.2 Å². The monoisotopic (exact) mass is 705 g/mol. The van der Waals surface area contributed by atoms with E-state index in [1.165, 1.54) is 18.4 Å². The maximum atomic E-state index is 12.1. The Labute approximate surface area is 288 Å². The van der Waals surface area contributed by atoms with E-state index in [0.29, 0.717) is 35.0 Å². The Morgan fingerprint density at radius 3 is 2.16 bits per heavy atom. The molecule has 1 radical (unpaired) electrons. The zero-order valence-corrected chi connectivity index (χ0v) is 29.9. The number of allylic oxidation sites excluding steroid dienone is 2. The summed E-state index contributed by atoms with van der Waals surface area (Å²) in [6.07, 6.45) is 3.38. The van der Waals surface area contributed by atoms with Gasteiger partial charge in [-0.3, -0.25) is 14.4 Å². The molecule has 3 amide bonds. The van der Waals surface area contributed by atoms with Gasteiger partial charge in [0.2, 0.25) is 5.91 Å². The van der Waals surface area contributed by atoms with Crippen LogP contribution in [0.2, 0.25) is 0 Å². The van der Waals surface area contributed by atoms with Crippen LogP contribution in [0.25, 0.3) is 16.3 Å². The molecule has 0 aliphatic rings. The van der Waals surface area contributed by atoms with Crippen molar-refractivity contribution < 1.29 is 66.5 Å². The summed E-state index contributed by atoms with van der Waals surface area (Å²) in [5.41, 5.74) is 7.68. The van der Waals surface area contributed by atoms with Gasteiger partial charge in [-0.1, -0.05) is 26.5 Å². The molecule has 1 aromatic carbocycles. The molecule has 1 heterocycles. The van der Waals surface area contributed by atoms with Crippen LogP contribution >= 0.6 is 11.3 Å². The molecule has 239 valence electrons. The van der Waals surface area contributed by atoms with Crippen molar-refractivity contribution in [1.82, 2.24) is 15.6 Å². The number of nitrogens with zero attached hydrogens (tertiary/aromatic N) is 1. The smallest absolute Gasteiger partial charge is 0.353 e. The van der Waals surface area contributed by atoms with E-state index in [0.717, 1.165) is 12.0 Å². The first kappa shape index (κ1) is 42.9. The Balaban J connectivity index is 0. The number of methoxy groups -OCH3 is 1. The first-order valence-electron chi connectivity index (χ1n) is 13.3. The number of amides is 3. The van der Waals surface area contributed by atoms with Crippen LogP contribution in [0.15, 0.2) is 53.7 Å². The van der Waals surface area contributed by atoms with E-state index in [1.807, 2.05) is 13.8 Å². The van der Waals surface area contributed by atoms with Crippen LogP contribution in [-0.2, 0) is 56.6 Å². The molecular formula is C30H42N5O7SY-. The number of aliphatic hydroxyl groups is 1. The number of benzene rings is 1. The van der Waals surface area contributed by atoms with Crippen molar-refractivity contribution in [3.05, 3.63) is 65.1 Å². The molecule has 5 N–H and O–H groups in total. The maximum Gasteiger partial charge on any atom is 0.353 e. The number of anilines is 1. The van der Waals surface area contributed by atoms with Crippen molar-refractivity contribution in [3.8, 4) is 10.6 Å². The molecular weight excluding hydrogens is 663 g/mol. The van der Waals surface area contributed by atoms with Crippen molar-refractivity contribution in [2.75, 3.05) is 26.1 Å².